The average molecular weight is 315 g/mol. The van der Waals surface area contributed by atoms with Crippen LogP contribution in [0.4, 0.5) is 4.39 Å². The normalized spacial score (nSPS) is 12.2. The molecule has 0 heterocycles. The minimum Gasteiger partial charge on any atom is -0.492 e. The van der Waals surface area contributed by atoms with Gasteiger partial charge in [0, 0.05) is 11.6 Å². The van der Waals surface area contributed by atoms with E-state index in [0.29, 0.717) is 33.5 Å². The van der Waals surface area contributed by atoms with Crippen molar-refractivity contribution in [3.63, 3.8) is 0 Å². The number of halogens is 3. The van der Waals surface area contributed by atoms with E-state index in [2.05, 4.69) is 0 Å². The lowest BCUT2D eigenvalue weighted by atomic mass is 10.0. The molecule has 5 heteroatoms. The number of hydrogen-bond acceptors (Lipinski definition) is 2. The first-order valence-electron chi connectivity index (χ1n) is 6.08. The number of ether oxygens (including phenoxy) is 1. The first kappa shape index (κ1) is 15.1. The number of aliphatic hydroxyl groups is 1. The smallest absolute Gasteiger partial charge is 0.139 e. The lowest BCUT2D eigenvalue weighted by Gasteiger charge is -2.15. The molecule has 0 aromatic heterocycles. The predicted octanol–water partition coefficient (Wildman–Crippen LogP) is 4.61. The standard InChI is InChI=1S/C15H13Cl2FO2/c1-2-20-14-8-12(16)11(7-13(14)17)15(19)9-4-3-5-10(18)6-9/h3-8,15,19H,2H2,1H3. The van der Waals surface area contributed by atoms with E-state index in [1.165, 1.54) is 24.3 Å². The van der Waals surface area contributed by atoms with Crippen molar-refractivity contribution in [2.75, 3.05) is 6.61 Å². The molecule has 0 radical (unpaired) electrons. The van der Waals surface area contributed by atoms with Gasteiger partial charge in [0.25, 0.3) is 0 Å². The highest BCUT2D eigenvalue weighted by atomic mass is 35.5. The molecule has 1 N–H and O–H groups in total. The third kappa shape index (κ3) is 3.23. The van der Waals surface area contributed by atoms with Crippen LogP contribution in [0.1, 0.15) is 24.2 Å². The van der Waals surface area contributed by atoms with Crippen molar-refractivity contribution in [1.29, 1.82) is 0 Å². The van der Waals surface area contributed by atoms with Crippen LogP contribution < -0.4 is 4.74 Å². The van der Waals surface area contributed by atoms with Crippen molar-refractivity contribution < 1.29 is 14.2 Å². The van der Waals surface area contributed by atoms with E-state index in [1.807, 2.05) is 6.92 Å². The molecule has 0 saturated carbocycles. The lowest BCUT2D eigenvalue weighted by molar-refractivity contribution is 0.219. The van der Waals surface area contributed by atoms with E-state index in [0.717, 1.165) is 0 Å². The molecule has 1 atom stereocenters. The van der Waals surface area contributed by atoms with Gasteiger partial charge in [0.2, 0.25) is 0 Å². The monoisotopic (exact) mass is 314 g/mol. The van der Waals surface area contributed by atoms with Gasteiger partial charge in [0.15, 0.2) is 0 Å². The summed E-state index contributed by atoms with van der Waals surface area (Å²) in [5, 5.41) is 11.0. The van der Waals surface area contributed by atoms with Gasteiger partial charge in [-0.1, -0.05) is 35.3 Å². The van der Waals surface area contributed by atoms with Gasteiger partial charge in [-0.25, -0.2) is 4.39 Å². The molecule has 0 aliphatic carbocycles. The van der Waals surface area contributed by atoms with E-state index in [-0.39, 0.29) is 0 Å². The van der Waals surface area contributed by atoms with Crippen molar-refractivity contribution in [3.8, 4) is 5.75 Å². The Labute approximate surface area is 126 Å². The molecule has 106 valence electrons. The highest BCUT2D eigenvalue weighted by molar-refractivity contribution is 6.34. The van der Waals surface area contributed by atoms with Crippen molar-refractivity contribution in [2.24, 2.45) is 0 Å². The summed E-state index contributed by atoms with van der Waals surface area (Å²) in [5.74, 6) is 0.0315. The Hall–Kier alpha value is -1.29. The molecule has 2 aromatic rings. The molecule has 0 spiro atoms. The Morgan fingerprint density at radius 2 is 1.95 bits per heavy atom. The van der Waals surface area contributed by atoms with E-state index in [1.54, 1.807) is 12.1 Å². The Morgan fingerprint density at radius 1 is 1.20 bits per heavy atom. The highest BCUT2D eigenvalue weighted by Crippen LogP contribution is 2.36. The quantitative estimate of drug-likeness (QED) is 0.892. The fourth-order valence-electron chi connectivity index (χ4n) is 1.88. The van der Waals surface area contributed by atoms with Crippen molar-refractivity contribution >= 4 is 23.2 Å². The molecule has 0 saturated heterocycles. The fraction of sp³-hybridized carbons (Fsp3) is 0.200. The fourth-order valence-corrected chi connectivity index (χ4v) is 2.36. The van der Waals surface area contributed by atoms with Crippen LogP contribution in [0.5, 0.6) is 5.75 Å². The maximum absolute atomic E-state index is 13.2. The molecule has 0 bridgehead atoms. The Bertz CT molecular complexity index is 617. The lowest BCUT2D eigenvalue weighted by Crippen LogP contribution is -2.02. The van der Waals surface area contributed by atoms with E-state index >= 15 is 0 Å². The highest BCUT2D eigenvalue weighted by Gasteiger charge is 2.17. The second-order valence-electron chi connectivity index (χ2n) is 4.19. The second kappa shape index (κ2) is 6.44. The van der Waals surface area contributed by atoms with Crippen molar-refractivity contribution in [1.82, 2.24) is 0 Å². The molecule has 0 fully saturated rings. The average Bonchev–Trinajstić information content (AvgIpc) is 2.42. The minimum atomic E-state index is -1.05. The SMILES string of the molecule is CCOc1cc(Cl)c(C(O)c2cccc(F)c2)cc1Cl. The third-order valence-corrected chi connectivity index (χ3v) is 3.43. The summed E-state index contributed by atoms with van der Waals surface area (Å²) in [5.41, 5.74) is 0.817. The summed E-state index contributed by atoms with van der Waals surface area (Å²) in [6, 6.07) is 8.79. The van der Waals surface area contributed by atoms with E-state index in [9.17, 15) is 9.50 Å². The number of hydrogen-bond donors (Lipinski definition) is 1. The molecule has 2 nitrogen and oxygen atoms in total. The molecule has 0 amide bonds. The topological polar surface area (TPSA) is 29.5 Å². The molecular formula is C15H13Cl2FO2. The third-order valence-electron chi connectivity index (χ3n) is 2.81. The second-order valence-corrected chi connectivity index (χ2v) is 5.01. The van der Waals surface area contributed by atoms with Crippen LogP contribution in [0.2, 0.25) is 10.0 Å². The van der Waals surface area contributed by atoms with Crippen molar-refractivity contribution in [3.05, 3.63) is 63.4 Å². The zero-order chi connectivity index (χ0) is 14.7. The van der Waals surface area contributed by atoms with Gasteiger partial charge in [0.1, 0.15) is 17.7 Å². The summed E-state index contributed by atoms with van der Waals surface area (Å²) in [6.07, 6.45) is -1.05. The van der Waals surface area contributed by atoms with Crippen LogP contribution in [0.3, 0.4) is 0 Å². The van der Waals surface area contributed by atoms with Gasteiger partial charge in [-0.05, 0) is 30.7 Å². The zero-order valence-electron chi connectivity index (χ0n) is 10.7. The summed E-state index contributed by atoms with van der Waals surface area (Å²) in [7, 11) is 0. The molecular weight excluding hydrogens is 302 g/mol. The first-order valence-corrected chi connectivity index (χ1v) is 6.83. The first-order chi connectivity index (χ1) is 9.52. The van der Waals surface area contributed by atoms with Gasteiger partial charge >= 0.3 is 0 Å². The molecule has 0 aliphatic rings. The van der Waals surface area contributed by atoms with Crippen molar-refractivity contribution in [2.45, 2.75) is 13.0 Å². The number of benzene rings is 2. The zero-order valence-corrected chi connectivity index (χ0v) is 12.2. The Kier molecular flexibility index (Phi) is 4.86. The molecule has 20 heavy (non-hydrogen) atoms. The molecule has 0 aliphatic heterocycles. The van der Waals surface area contributed by atoms with Gasteiger partial charge < -0.3 is 9.84 Å². The van der Waals surface area contributed by atoms with E-state index in [4.69, 9.17) is 27.9 Å². The Balaban J connectivity index is 2.40. The molecule has 2 rings (SSSR count). The maximum Gasteiger partial charge on any atom is 0.139 e. The van der Waals surface area contributed by atoms with Crippen LogP contribution in [-0.4, -0.2) is 11.7 Å². The summed E-state index contributed by atoms with van der Waals surface area (Å²) in [6.45, 7) is 2.29. The van der Waals surface area contributed by atoms with Gasteiger partial charge in [0.05, 0.1) is 16.7 Å². The largest absolute Gasteiger partial charge is 0.492 e. The van der Waals surface area contributed by atoms with Gasteiger partial charge in [-0.2, -0.15) is 0 Å². The summed E-state index contributed by atoms with van der Waals surface area (Å²) in [4.78, 5) is 0. The van der Waals surface area contributed by atoms with Crippen LogP contribution in [0.15, 0.2) is 36.4 Å². The molecule has 2 aromatic carbocycles. The maximum atomic E-state index is 13.2. The summed E-state index contributed by atoms with van der Waals surface area (Å²) >= 11 is 12.2. The minimum absolute atomic E-state index is 0.314. The van der Waals surface area contributed by atoms with Gasteiger partial charge in [-0.3, -0.25) is 0 Å². The van der Waals surface area contributed by atoms with Crippen LogP contribution in [0, 0.1) is 5.82 Å². The number of rotatable bonds is 4. The summed E-state index contributed by atoms with van der Waals surface area (Å²) < 4.78 is 18.5. The van der Waals surface area contributed by atoms with Crippen LogP contribution >= 0.6 is 23.2 Å². The Morgan fingerprint density at radius 3 is 2.60 bits per heavy atom. The van der Waals surface area contributed by atoms with Gasteiger partial charge in [-0.15, -0.1) is 0 Å². The predicted molar refractivity (Wildman–Crippen MR) is 78.1 cm³/mol. The number of aliphatic hydroxyl groups excluding tert-OH is 1. The molecule has 1 unspecified atom stereocenters. The van der Waals surface area contributed by atoms with E-state index < -0.39 is 11.9 Å². The van der Waals surface area contributed by atoms with Crippen LogP contribution in [0.25, 0.3) is 0 Å². The van der Waals surface area contributed by atoms with Crippen LogP contribution in [-0.2, 0) is 0 Å².